The van der Waals surface area contributed by atoms with E-state index in [1.165, 1.54) is 24.4 Å². The first-order valence-corrected chi connectivity index (χ1v) is 7.45. The maximum absolute atomic E-state index is 6.02. The van der Waals surface area contributed by atoms with Gasteiger partial charge in [0.05, 0.1) is 12.2 Å². The highest BCUT2D eigenvalue weighted by molar-refractivity contribution is 7.15. The largest absolute Gasteiger partial charge is 0.319 e. The molecule has 1 N–H and O–H groups in total. The fourth-order valence-electron chi connectivity index (χ4n) is 2.74. The standard InChI is InChI=1S/C12H20ClN3S/c1-3-16-6-4-5-9(7-14-2)11(16)12-15-8-10(13)17-12/h8-9,11,14H,3-7H2,1-2H3. The third kappa shape index (κ3) is 2.99. The third-order valence-corrected chi connectivity index (χ3v) is 4.67. The molecule has 17 heavy (non-hydrogen) atoms. The van der Waals surface area contributed by atoms with Gasteiger partial charge in [0.25, 0.3) is 0 Å². The van der Waals surface area contributed by atoms with Crippen molar-refractivity contribution in [1.29, 1.82) is 0 Å². The minimum Gasteiger partial charge on any atom is -0.319 e. The van der Waals surface area contributed by atoms with E-state index < -0.39 is 0 Å². The summed E-state index contributed by atoms with van der Waals surface area (Å²) in [6.07, 6.45) is 4.34. The maximum atomic E-state index is 6.02. The summed E-state index contributed by atoms with van der Waals surface area (Å²) in [5.41, 5.74) is 0. The van der Waals surface area contributed by atoms with Crippen LogP contribution in [0.15, 0.2) is 6.20 Å². The van der Waals surface area contributed by atoms with E-state index in [9.17, 15) is 0 Å². The molecule has 1 aliphatic rings. The number of aromatic nitrogens is 1. The summed E-state index contributed by atoms with van der Waals surface area (Å²) in [7, 11) is 2.02. The number of hydrogen-bond donors (Lipinski definition) is 1. The lowest BCUT2D eigenvalue weighted by Crippen LogP contribution is -2.41. The van der Waals surface area contributed by atoms with Crippen molar-refractivity contribution in [3.8, 4) is 0 Å². The third-order valence-electron chi connectivity index (χ3n) is 3.48. The van der Waals surface area contributed by atoms with E-state index in [-0.39, 0.29) is 0 Å². The van der Waals surface area contributed by atoms with Crippen molar-refractivity contribution < 1.29 is 0 Å². The Labute approximate surface area is 112 Å². The molecule has 0 radical (unpaired) electrons. The predicted molar refractivity (Wildman–Crippen MR) is 73.8 cm³/mol. The van der Waals surface area contributed by atoms with Crippen LogP contribution in [0.1, 0.15) is 30.8 Å². The molecule has 2 rings (SSSR count). The molecule has 0 saturated carbocycles. The molecule has 1 saturated heterocycles. The molecule has 0 bridgehead atoms. The molecular formula is C12H20ClN3S. The van der Waals surface area contributed by atoms with Gasteiger partial charge in [0.2, 0.25) is 0 Å². The van der Waals surface area contributed by atoms with E-state index in [1.807, 2.05) is 7.05 Å². The van der Waals surface area contributed by atoms with E-state index in [1.54, 1.807) is 17.5 Å². The van der Waals surface area contributed by atoms with Crippen molar-refractivity contribution in [2.75, 3.05) is 26.7 Å². The number of hydrogen-bond acceptors (Lipinski definition) is 4. The summed E-state index contributed by atoms with van der Waals surface area (Å²) < 4.78 is 0.796. The lowest BCUT2D eigenvalue weighted by Gasteiger charge is -2.39. The van der Waals surface area contributed by atoms with Crippen LogP contribution in [0.25, 0.3) is 0 Å². The summed E-state index contributed by atoms with van der Waals surface area (Å²) >= 11 is 7.65. The summed E-state index contributed by atoms with van der Waals surface area (Å²) in [6.45, 7) is 5.54. The van der Waals surface area contributed by atoms with Gasteiger partial charge < -0.3 is 5.32 Å². The molecule has 1 aromatic rings. The highest BCUT2D eigenvalue weighted by Gasteiger charge is 2.33. The number of thiazole rings is 1. The second-order valence-corrected chi connectivity index (χ2v) is 6.23. The number of halogens is 1. The van der Waals surface area contributed by atoms with Crippen LogP contribution in [0.4, 0.5) is 0 Å². The Morgan fingerprint density at radius 3 is 3.06 bits per heavy atom. The van der Waals surface area contributed by atoms with E-state index in [0.29, 0.717) is 12.0 Å². The average Bonchev–Trinajstić information content (AvgIpc) is 2.75. The van der Waals surface area contributed by atoms with Gasteiger partial charge in [-0.2, -0.15) is 0 Å². The van der Waals surface area contributed by atoms with Crippen LogP contribution in [0.5, 0.6) is 0 Å². The van der Waals surface area contributed by atoms with E-state index in [4.69, 9.17) is 11.6 Å². The van der Waals surface area contributed by atoms with Crippen LogP contribution in [0.3, 0.4) is 0 Å². The van der Waals surface area contributed by atoms with Gasteiger partial charge in [-0.1, -0.05) is 18.5 Å². The molecular weight excluding hydrogens is 254 g/mol. The van der Waals surface area contributed by atoms with Crippen molar-refractivity contribution in [3.05, 3.63) is 15.5 Å². The highest BCUT2D eigenvalue weighted by Crippen LogP contribution is 2.38. The lowest BCUT2D eigenvalue weighted by molar-refractivity contribution is 0.0980. The van der Waals surface area contributed by atoms with Crippen LogP contribution < -0.4 is 5.32 Å². The molecule has 5 heteroatoms. The fourth-order valence-corrected chi connectivity index (χ4v) is 3.90. The quantitative estimate of drug-likeness (QED) is 0.914. The van der Waals surface area contributed by atoms with Gasteiger partial charge in [-0.05, 0) is 45.4 Å². The molecule has 0 aromatic carbocycles. The van der Waals surface area contributed by atoms with Crippen molar-refractivity contribution in [2.24, 2.45) is 5.92 Å². The predicted octanol–water partition coefficient (Wildman–Crippen LogP) is 2.79. The zero-order valence-corrected chi connectivity index (χ0v) is 12.0. The zero-order chi connectivity index (χ0) is 12.3. The van der Waals surface area contributed by atoms with Gasteiger partial charge in [0, 0.05) is 0 Å². The summed E-state index contributed by atoms with van der Waals surface area (Å²) in [6, 6.07) is 0.443. The molecule has 0 aliphatic carbocycles. The number of likely N-dealkylation sites (tertiary alicyclic amines) is 1. The first-order chi connectivity index (χ1) is 8.26. The topological polar surface area (TPSA) is 28.2 Å². The second kappa shape index (κ2) is 6.14. The Hall–Kier alpha value is -0.160. The number of piperidine rings is 1. The molecule has 1 aromatic heterocycles. The lowest BCUT2D eigenvalue weighted by atomic mass is 9.89. The molecule has 96 valence electrons. The van der Waals surface area contributed by atoms with Gasteiger partial charge in [0.15, 0.2) is 0 Å². The SMILES string of the molecule is CCN1CCCC(CNC)C1c1ncc(Cl)s1. The fraction of sp³-hybridized carbons (Fsp3) is 0.750. The Balaban J connectivity index is 2.21. The van der Waals surface area contributed by atoms with Crippen LogP contribution in [0, 0.1) is 5.92 Å². The number of nitrogens with one attached hydrogen (secondary N) is 1. The summed E-state index contributed by atoms with van der Waals surface area (Å²) in [5.74, 6) is 0.649. The maximum Gasteiger partial charge on any atom is 0.113 e. The average molecular weight is 274 g/mol. The Morgan fingerprint density at radius 1 is 1.65 bits per heavy atom. The summed E-state index contributed by atoms with van der Waals surface area (Å²) in [4.78, 5) is 7.02. The van der Waals surface area contributed by atoms with Crippen LogP contribution >= 0.6 is 22.9 Å². The van der Waals surface area contributed by atoms with E-state index >= 15 is 0 Å². The van der Waals surface area contributed by atoms with Crippen molar-refractivity contribution >= 4 is 22.9 Å². The normalized spacial score (nSPS) is 26.3. The molecule has 2 unspecified atom stereocenters. The molecule has 2 heterocycles. The highest BCUT2D eigenvalue weighted by atomic mass is 35.5. The molecule has 2 atom stereocenters. The van der Waals surface area contributed by atoms with Crippen molar-refractivity contribution in [2.45, 2.75) is 25.8 Å². The van der Waals surface area contributed by atoms with Crippen molar-refractivity contribution in [1.82, 2.24) is 15.2 Å². The Morgan fingerprint density at radius 2 is 2.47 bits per heavy atom. The Bertz CT molecular complexity index is 353. The Kier molecular flexibility index (Phi) is 4.79. The number of rotatable bonds is 4. The van der Waals surface area contributed by atoms with Crippen LogP contribution in [-0.4, -0.2) is 36.6 Å². The van der Waals surface area contributed by atoms with Crippen LogP contribution in [0.2, 0.25) is 4.34 Å². The molecule has 1 fully saturated rings. The van der Waals surface area contributed by atoms with E-state index in [0.717, 1.165) is 17.4 Å². The van der Waals surface area contributed by atoms with Gasteiger partial charge in [-0.25, -0.2) is 4.98 Å². The second-order valence-electron chi connectivity index (χ2n) is 4.54. The minimum absolute atomic E-state index is 0.443. The molecule has 1 aliphatic heterocycles. The summed E-state index contributed by atoms with van der Waals surface area (Å²) in [5, 5.41) is 4.48. The smallest absolute Gasteiger partial charge is 0.113 e. The minimum atomic E-state index is 0.443. The molecule has 0 spiro atoms. The van der Waals surface area contributed by atoms with Crippen molar-refractivity contribution in [3.63, 3.8) is 0 Å². The molecule has 3 nitrogen and oxygen atoms in total. The van der Waals surface area contributed by atoms with Gasteiger partial charge >= 0.3 is 0 Å². The zero-order valence-electron chi connectivity index (χ0n) is 10.4. The first-order valence-electron chi connectivity index (χ1n) is 6.26. The van der Waals surface area contributed by atoms with Gasteiger partial charge in [0.1, 0.15) is 9.34 Å². The number of nitrogens with zero attached hydrogens (tertiary/aromatic N) is 2. The van der Waals surface area contributed by atoms with Gasteiger partial charge in [-0.15, -0.1) is 11.3 Å². The molecule has 0 amide bonds. The van der Waals surface area contributed by atoms with Gasteiger partial charge in [-0.3, -0.25) is 4.90 Å². The van der Waals surface area contributed by atoms with Crippen LogP contribution in [-0.2, 0) is 0 Å². The monoisotopic (exact) mass is 273 g/mol. The first kappa shape index (κ1) is 13.3. The van der Waals surface area contributed by atoms with E-state index in [2.05, 4.69) is 22.1 Å².